The molecule has 0 aromatic carbocycles. The Hall–Kier alpha value is -2.25. The molecular weight excluding hydrogens is 378 g/mol. The summed E-state index contributed by atoms with van der Waals surface area (Å²) >= 11 is 3.45. The molecule has 1 atom stereocenters. The number of nitrogens with one attached hydrogen (secondary N) is 1. The minimum Gasteiger partial charge on any atom is -0.330 e. The van der Waals surface area contributed by atoms with Crippen LogP contribution in [-0.2, 0) is 17.6 Å². The van der Waals surface area contributed by atoms with Crippen molar-refractivity contribution in [1.82, 2.24) is 14.9 Å². The van der Waals surface area contributed by atoms with Crippen LogP contribution < -0.4 is 5.56 Å². The molecule has 0 aliphatic carbocycles. The van der Waals surface area contributed by atoms with E-state index in [-0.39, 0.29) is 17.5 Å². The molecule has 1 aliphatic rings. The predicted molar refractivity (Wildman–Crippen MR) is 109 cm³/mol. The topological polar surface area (TPSA) is 66.1 Å². The van der Waals surface area contributed by atoms with Crippen LogP contribution in [0.15, 0.2) is 33.8 Å². The van der Waals surface area contributed by atoms with Gasteiger partial charge in [-0.2, -0.15) is 0 Å². The van der Waals surface area contributed by atoms with Gasteiger partial charge in [0.05, 0.1) is 6.04 Å². The zero-order valence-electron chi connectivity index (χ0n) is 15.3. The van der Waals surface area contributed by atoms with Crippen LogP contribution in [0.25, 0.3) is 0 Å². The number of rotatable bonds is 4. The minimum atomic E-state index is -0.138. The lowest BCUT2D eigenvalue weighted by Crippen LogP contribution is -2.40. The van der Waals surface area contributed by atoms with Crippen LogP contribution in [-0.4, -0.2) is 27.3 Å². The predicted octanol–water partition coefficient (Wildman–Crippen LogP) is 3.62. The van der Waals surface area contributed by atoms with Crippen molar-refractivity contribution < 1.29 is 4.79 Å². The normalized spacial score (nSPS) is 16.4. The molecule has 1 unspecified atom stereocenters. The first-order chi connectivity index (χ1) is 13.0. The van der Waals surface area contributed by atoms with Gasteiger partial charge in [0, 0.05) is 34.0 Å². The van der Waals surface area contributed by atoms with Gasteiger partial charge in [-0.25, -0.2) is 4.98 Å². The maximum Gasteiger partial charge on any atom is 0.254 e. The molecule has 0 bridgehead atoms. The summed E-state index contributed by atoms with van der Waals surface area (Å²) in [5, 5.41) is 4.17. The van der Waals surface area contributed by atoms with Crippen LogP contribution in [0.2, 0.25) is 0 Å². The maximum atomic E-state index is 13.1. The molecule has 1 amide bonds. The van der Waals surface area contributed by atoms with Gasteiger partial charge in [-0.1, -0.05) is 6.07 Å². The summed E-state index contributed by atoms with van der Waals surface area (Å²) in [4.78, 5) is 36.9. The van der Waals surface area contributed by atoms with Crippen LogP contribution in [0.5, 0.6) is 0 Å². The lowest BCUT2D eigenvalue weighted by molar-refractivity contribution is -0.133. The van der Waals surface area contributed by atoms with E-state index in [4.69, 9.17) is 0 Å². The van der Waals surface area contributed by atoms with Gasteiger partial charge in [-0.3, -0.25) is 9.59 Å². The summed E-state index contributed by atoms with van der Waals surface area (Å²) in [5.41, 5.74) is 2.42. The Balaban J connectivity index is 1.57. The summed E-state index contributed by atoms with van der Waals surface area (Å²) in [5.74, 6) is 0.691. The summed E-state index contributed by atoms with van der Waals surface area (Å²) in [6.45, 7) is 4.31. The van der Waals surface area contributed by atoms with Crippen molar-refractivity contribution in [3.05, 3.63) is 71.7 Å². The molecule has 4 rings (SSSR count). The van der Waals surface area contributed by atoms with E-state index in [2.05, 4.69) is 32.9 Å². The molecule has 7 heteroatoms. The summed E-state index contributed by atoms with van der Waals surface area (Å²) in [6, 6.07) is 6.26. The zero-order valence-corrected chi connectivity index (χ0v) is 17.0. The fourth-order valence-electron chi connectivity index (χ4n) is 3.76. The standard InChI is InChI=1S/C20H21N3O2S2/c1-12-14(20(25)22-13(2)21-12)5-6-18(24)23-9-7-16-15(8-11-27-16)19(23)17-4-3-10-26-17/h3-4,8,10-11,19H,5-7,9H2,1-2H3,(H,21,22,25). The molecule has 4 heterocycles. The van der Waals surface area contributed by atoms with Crippen molar-refractivity contribution in [3.63, 3.8) is 0 Å². The number of H-pyrrole nitrogens is 1. The Morgan fingerprint density at radius 2 is 2.15 bits per heavy atom. The first-order valence-corrected chi connectivity index (χ1v) is 10.8. The first-order valence-electron chi connectivity index (χ1n) is 9.00. The lowest BCUT2D eigenvalue weighted by Gasteiger charge is -2.35. The van der Waals surface area contributed by atoms with Gasteiger partial charge >= 0.3 is 0 Å². The van der Waals surface area contributed by atoms with E-state index in [1.165, 1.54) is 15.3 Å². The number of amides is 1. The van der Waals surface area contributed by atoms with Gasteiger partial charge in [-0.05, 0) is 55.1 Å². The molecular formula is C20H21N3O2S2. The average Bonchev–Trinajstić information content (AvgIpc) is 3.31. The number of thiophene rings is 2. The second kappa shape index (κ2) is 7.40. The van der Waals surface area contributed by atoms with Crippen LogP contribution in [0.4, 0.5) is 0 Å². The van der Waals surface area contributed by atoms with Crippen molar-refractivity contribution in [2.24, 2.45) is 0 Å². The zero-order chi connectivity index (χ0) is 19.0. The highest BCUT2D eigenvalue weighted by atomic mass is 32.1. The third-order valence-corrected chi connectivity index (χ3v) is 6.95. The van der Waals surface area contributed by atoms with Crippen molar-refractivity contribution in [2.75, 3.05) is 6.54 Å². The second-order valence-corrected chi connectivity index (χ2v) is 8.75. The number of hydrogen-bond donors (Lipinski definition) is 1. The number of carbonyl (C=O) groups is 1. The Labute approximate surface area is 165 Å². The molecule has 0 saturated heterocycles. The Bertz CT molecular complexity index is 1020. The van der Waals surface area contributed by atoms with Gasteiger partial charge in [0.25, 0.3) is 5.56 Å². The molecule has 27 heavy (non-hydrogen) atoms. The highest BCUT2D eigenvalue weighted by Crippen LogP contribution is 2.39. The number of aromatic amines is 1. The summed E-state index contributed by atoms with van der Waals surface area (Å²) in [7, 11) is 0. The highest BCUT2D eigenvalue weighted by Gasteiger charge is 2.33. The van der Waals surface area contributed by atoms with E-state index in [0.717, 1.165) is 13.0 Å². The fraction of sp³-hybridized carbons (Fsp3) is 0.350. The van der Waals surface area contributed by atoms with Crippen molar-refractivity contribution in [3.8, 4) is 0 Å². The third-order valence-electron chi connectivity index (χ3n) is 5.03. The molecule has 0 saturated carbocycles. The Morgan fingerprint density at radius 3 is 2.89 bits per heavy atom. The molecule has 1 aliphatic heterocycles. The van der Waals surface area contributed by atoms with E-state index in [1.807, 2.05) is 17.9 Å². The molecule has 3 aromatic heterocycles. The van der Waals surface area contributed by atoms with E-state index in [0.29, 0.717) is 29.9 Å². The van der Waals surface area contributed by atoms with Crippen molar-refractivity contribution >= 4 is 28.6 Å². The fourth-order valence-corrected chi connectivity index (χ4v) is 5.52. The Kier molecular flexibility index (Phi) is 4.97. The SMILES string of the molecule is Cc1nc(C)c(CCC(=O)N2CCc3sccc3C2c2cccs2)c(=O)[nH]1. The molecule has 0 radical (unpaired) electrons. The van der Waals surface area contributed by atoms with E-state index in [9.17, 15) is 9.59 Å². The van der Waals surface area contributed by atoms with Crippen LogP contribution in [0.1, 0.15) is 44.9 Å². The number of nitrogens with zero attached hydrogens (tertiary/aromatic N) is 2. The van der Waals surface area contributed by atoms with Crippen molar-refractivity contribution in [1.29, 1.82) is 0 Å². The van der Waals surface area contributed by atoms with Crippen molar-refractivity contribution in [2.45, 2.75) is 39.2 Å². The quantitative estimate of drug-likeness (QED) is 0.729. The number of carbonyl (C=O) groups excluding carboxylic acids is 1. The van der Waals surface area contributed by atoms with Crippen LogP contribution in [0.3, 0.4) is 0 Å². The molecule has 140 valence electrons. The van der Waals surface area contributed by atoms with Gasteiger partial charge in [-0.15, -0.1) is 22.7 Å². The van der Waals surface area contributed by atoms with Crippen LogP contribution in [0, 0.1) is 13.8 Å². The van der Waals surface area contributed by atoms with E-state index in [1.54, 1.807) is 29.6 Å². The van der Waals surface area contributed by atoms with E-state index < -0.39 is 0 Å². The monoisotopic (exact) mass is 399 g/mol. The number of hydrogen-bond acceptors (Lipinski definition) is 5. The number of aromatic nitrogens is 2. The average molecular weight is 400 g/mol. The maximum absolute atomic E-state index is 13.1. The molecule has 0 spiro atoms. The number of aryl methyl sites for hydroxylation is 2. The molecule has 5 nitrogen and oxygen atoms in total. The Morgan fingerprint density at radius 1 is 1.30 bits per heavy atom. The highest BCUT2D eigenvalue weighted by molar-refractivity contribution is 7.10. The minimum absolute atomic E-state index is 0.0111. The van der Waals surface area contributed by atoms with Gasteiger partial charge < -0.3 is 9.88 Å². The second-order valence-electron chi connectivity index (χ2n) is 6.77. The van der Waals surface area contributed by atoms with E-state index >= 15 is 0 Å². The van der Waals surface area contributed by atoms with Gasteiger partial charge in [0.2, 0.25) is 5.91 Å². The summed E-state index contributed by atoms with van der Waals surface area (Å²) < 4.78 is 0. The summed E-state index contributed by atoms with van der Waals surface area (Å²) in [6.07, 6.45) is 1.62. The van der Waals surface area contributed by atoms with Gasteiger partial charge in [0.15, 0.2) is 0 Å². The number of fused-ring (bicyclic) bond motifs is 1. The lowest BCUT2D eigenvalue weighted by atomic mass is 9.97. The largest absolute Gasteiger partial charge is 0.330 e. The third kappa shape index (κ3) is 3.49. The smallest absolute Gasteiger partial charge is 0.254 e. The van der Waals surface area contributed by atoms with Gasteiger partial charge in [0.1, 0.15) is 5.82 Å². The first kappa shape index (κ1) is 18.1. The van der Waals surface area contributed by atoms with Crippen LogP contribution >= 0.6 is 22.7 Å². The molecule has 3 aromatic rings. The molecule has 1 N–H and O–H groups in total. The molecule has 0 fully saturated rings.